The predicted octanol–water partition coefficient (Wildman–Crippen LogP) is 6.05. The molecule has 1 aliphatic heterocycles. The lowest BCUT2D eigenvalue weighted by Crippen LogP contribution is -2.47. The molecular formula is C25H19Cl2F4N5O2. The third-order valence-electron chi connectivity index (χ3n) is 6.23. The third kappa shape index (κ3) is 4.77. The number of rotatable bonds is 4. The fraction of sp³-hybridized carbons (Fsp3) is 0.240. The molecule has 4 aromatic rings. The molecule has 3 heterocycles. The molecule has 0 bridgehead atoms. The summed E-state index contributed by atoms with van der Waals surface area (Å²) >= 11 is 12.2. The molecule has 0 aliphatic carbocycles. The number of piperazine rings is 1. The van der Waals surface area contributed by atoms with Crippen molar-refractivity contribution in [1.29, 1.82) is 0 Å². The Kier molecular flexibility index (Phi) is 6.93. The van der Waals surface area contributed by atoms with Crippen molar-refractivity contribution in [2.24, 2.45) is 0 Å². The van der Waals surface area contributed by atoms with Gasteiger partial charge in [0.25, 0.3) is 5.91 Å². The van der Waals surface area contributed by atoms with Gasteiger partial charge in [0.1, 0.15) is 17.1 Å². The van der Waals surface area contributed by atoms with Gasteiger partial charge in [0, 0.05) is 31.2 Å². The minimum atomic E-state index is -4.93. The Hall–Kier alpha value is -3.41. The van der Waals surface area contributed by atoms with Crippen molar-refractivity contribution in [3.63, 3.8) is 0 Å². The van der Waals surface area contributed by atoms with Gasteiger partial charge in [-0.05, 0) is 37.4 Å². The van der Waals surface area contributed by atoms with Crippen LogP contribution < -0.4 is 0 Å². The first-order valence-corrected chi connectivity index (χ1v) is 12.1. The Morgan fingerprint density at radius 1 is 1.05 bits per heavy atom. The summed E-state index contributed by atoms with van der Waals surface area (Å²) in [5, 5.41) is 7.90. The van der Waals surface area contributed by atoms with Crippen molar-refractivity contribution in [3.8, 4) is 28.3 Å². The quantitative estimate of drug-likeness (QED) is 0.281. The highest BCUT2D eigenvalue weighted by molar-refractivity contribution is 6.33. The number of carbonyl (C=O) groups is 1. The molecule has 1 saturated heterocycles. The maximum atomic E-state index is 14.9. The van der Waals surface area contributed by atoms with Crippen LogP contribution in [0.1, 0.15) is 16.1 Å². The van der Waals surface area contributed by atoms with Gasteiger partial charge in [-0.15, -0.1) is 0 Å². The number of halogens is 6. The summed E-state index contributed by atoms with van der Waals surface area (Å²) < 4.78 is 64.3. The second-order valence-electron chi connectivity index (χ2n) is 8.72. The zero-order chi connectivity index (χ0) is 27.2. The zero-order valence-electron chi connectivity index (χ0n) is 19.8. The topological polar surface area (TPSA) is 67.4 Å². The highest BCUT2D eigenvalue weighted by Crippen LogP contribution is 2.43. The largest absolute Gasteiger partial charge is 0.434 e. The van der Waals surface area contributed by atoms with E-state index in [0.29, 0.717) is 30.9 Å². The first kappa shape index (κ1) is 26.2. The minimum Gasteiger partial charge on any atom is -0.355 e. The van der Waals surface area contributed by atoms with Crippen molar-refractivity contribution in [3.05, 3.63) is 75.8 Å². The maximum absolute atomic E-state index is 14.9. The second-order valence-corrected chi connectivity index (χ2v) is 9.57. The fourth-order valence-corrected chi connectivity index (χ4v) is 4.76. The van der Waals surface area contributed by atoms with Crippen LogP contribution in [0, 0.1) is 5.82 Å². The summed E-state index contributed by atoms with van der Waals surface area (Å²) in [4.78, 5) is 17.2. The minimum absolute atomic E-state index is 0.0416. The lowest BCUT2D eigenvalue weighted by molar-refractivity contribution is -0.142. The lowest BCUT2D eigenvalue weighted by Gasteiger charge is -2.32. The number of alkyl halides is 3. The van der Waals surface area contributed by atoms with Gasteiger partial charge in [0.05, 0.1) is 28.0 Å². The van der Waals surface area contributed by atoms with Crippen LogP contribution in [-0.2, 0) is 6.18 Å². The molecule has 38 heavy (non-hydrogen) atoms. The molecule has 0 radical (unpaired) electrons. The Labute approximate surface area is 224 Å². The van der Waals surface area contributed by atoms with E-state index in [2.05, 4.69) is 10.3 Å². The standard InChI is InChI=1S/C25H19Cl2F4N5O2/c1-34-8-10-35(11-9-34)24(37)20-21(19-17(27)6-3-7-18(19)28)33-38-22(20)16-13-32-36(23(16)25(29,30)31)15-5-2-4-14(26)12-15/h2-7,12-13H,8-11H2,1H3. The average Bonchev–Trinajstić information content (AvgIpc) is 3.49. The van der Waals surface area contributed by atoms with E-state index in [4.69, 9.17) is 27.7 Å². The average molecular weight is 568 g/mol. The number of hydrogen-bond donors (Lipinski definition) is 0. The van der Waals surface area contributed by atoms with Crippen molar-refractivity contribution >= 4 is 29.1 Å². The molecule has 198 valence electrons. The summed E-state index contributed by atoms with van der Waals surface area (Å²) in [6.45, 7) is 1.70. The molecule has 13 heteroatoms. The third-order valence-corrected chi connectivity index (χ3v) is 6.78. The molecular weight excluding hydrogens is 549 g/mol. The Morgan fingerprint density at radius 2 is 1.76 bits per heavy atom. The van der Waals surface area contributed by atoms with Gasteiger partial charge >= 0.3 is 6.18 Å². The van der Waals surface area contributed by atoms with Crippen LogP contribution in [-0.4, -0.2) is 63.9 Å². The molecule has 0 unspecified atom stereocenters. The molecule has 1 fully saturated rings. The van der Waals surface area contributed by atoms with Crippen LogP contribution >= 0.6 is 23.2 Å². The Balaban J connectivity index is 1.74. The molecule has 1 aliphatic rings. The van der Waals surface area contributed by atoms with E-state index in [1.807, 2.05) is 11.9 Å². The zero-order valence-corrected chi connectivity index (χ0v) is 21.3. The molecule has 2 aromatic carbocycles. The molecule has 2 aromatic heterocycles. The van der Waals surface area contributed by atoms with E-state index in [9.17, 15) is 22.4 Å². The van der Waals surface area contributed by atoms with Crippen molar-refractivity contribution in [2.75, 3.05) is 33.2 Å². The van der Waals surface area contributed by atoms with Gasteiger partial charge in [-0.3, -0.25) is 4.79 Å². The number of nitrogens with zero attached hydrogens (tertiary/aromatic N) is 5. The van der Waals surface area contributed by atoms with Crippen molar-refractivity contribution in [1.82, 2.24) is 24.7 Å². The van der Waals surface area contributed by atoms with Crippen LogP contribution in [0.2, 0.25) is 10.0 Å². The molecule has 0 spiro atoms. The van der Waals surface area contributed by atoms with Crippen LogP contribution in [0.25, 0.3) is 28.3 Å². The SMILES string of the molecule is CN1CCN(C(=O)c2c(-c3c(F)cccc3Cl)noc2-c2cnn(-c3cccc(Cl)c3)c2C(F)(F)F)CC1. The van der Waals surface area contributed by atoms with Gasteiger partial charge in [-0.1, -0.05) is 40.5 Å². The van der Waals surface area contributed by atoms with Gasteiger partial charge in [0.2, 0.25) is 0 Å². The van der Waals surface area contributed by atoms with Crippen LogP contribution in [0.15, 0.2) is 53.2 Å². The van der Waals surface area contributed by atoms with E-state index < -0.39 is 34.9 Å². The lowest BCUT2D eigenvalue weighted by atomic mass is 10.0. The van der Waals surface area contributed by atoms with Gasteiger partial charge < -0.3 is 14.3 Å². The number of likely N-dealkylation sites (N-methyl/N-ethyl adjacent to an activating group) is 1. The van der Waals surface area contributed by atoms with E-state index in [-0.39, 0.29) is 32.6 Å². The summed E-state index contributed by atoms with van der Waals surface area (Å²) in [6, 6.07) is 9.56. The number of amides is 1. The number of carbonyl (C=O) groups excluding carboxylic acids is 1. The number of benzene rings is 2. The van der Waals surface area contributed by atoms with Crippen molar-refractivity contribution < 1.29 is 26.9 Å². The van der Waals surface area contributed by atoms with E-state index >= 15 is 0 Å². The van der Waals surface area contributed by atoms with Crippen LogP contribution in [0.5, 0.6) is 0 Å². The number of aromatic nitrogens is 3. The highest BCUT2D eigenvalue weighted by Gasteiger charge is 2.42. The maximum Gasteiger partial charge on any atom is 0.434 e. The van der Waals surface area contributed by atoms with E-state index in [0.717, 1.165) is 12.3 Å². The van der Waals surface area contributed by atoms with Crippen molar-refractivity contribution in [2.45, 2.75) is 6.18 Å². The smallest absolute Gasteiger partial charge is 0.355 e. The Bertz CT molecular complexity index is 1490. The van der Waals surface area contributed by atoms with Crippen LogP contribution in [0.3, 0.4) is 0 Å². The molecule has 0 atom stereocenters. The highest BCUT2D eigenvalue weighted by atomic mass is 35.5. The van der Waals surface area contributed by atoms with E-state index in [1.54, 1.807) is 0 Å². The fourth-order valence-electron chi connectivity index (χ4n) is 4.33. The van der Waals surface area contributed by atoms with E-state index in [1.165, 1.54) is 41.3 Å². The summed E-state index contributed by atoms with van der Waals surface area (Å²) in [6.07, 6.45) is -4.00. The number of hydrogen-bond acceptors (Lipinski definition) is 5. The van der Waals surface area contributed by atoms with Crippen LogP contribution in [0.4, 0.5) is 17.6 Å². The monoisotopic (exact) mass is 567 g/mol. The molecule has 5 rings (SSSR count). The summed E-state index contributed by atoms with van der Waals surface area (Å²) in [5.41, 5.74) is -2.60. The van der Waals surface area contributed by atoms with Gasteiger partial charge in [-0.2, -0.15) is 18.3 Å². The first-order chi connectivity index (χ1) is 18.1. The normalized spacial score (nSPS) is 14.8. The predicted molar refractivity (Wildman–Crippen MR) is 133 cm³/mol. The first-order valence-electron chi connectivity index (χ1n) is 11.4. The molecule has 7 nitrogen and oxygen atoms in total. The molecule has 0 saturated carbocycles. The molecule has 0 N–H and O–H groups in total. The van der Waals surface area contributed by atoms with Gasteiger partial charge in [0.15, 0.2) is 11.5 Å². The second kappa shape index (κ2) is 10.0. The van der Waals surface area contributed by atoms with Gasteiger partial charge in [-0.25, -0.2) is 9.07 Å². The Morgan fingerprint density at radius 3 is 2.42 bits per heavy atom. The summed E-state index contributed by atoms with van der Waals surface area (Å²) in [5.74, 6) is -1.97. The molecule has 1 amide bonds. The summed E-state index contributed by atoms with van der Waals surface area (Å²) in [7, 11) is 1.89.